The second-order valence-corrected chi connectivity index (χ2v) is 11.5. The first kappa shape index (κ1) is 29.3. The first-order valence-electron chi connectivity index (χ1n) is 13.9. The molecule has 7 nitrogen and oxygen atoms in total. The Morgan fingerprint density at radius 1 is 1.15 bits per heavy atom. The van der Waals surface area contributed by atoms with Crippen molar-refractivity contribution in [2.75, 3.05) is 5.32 Å². The molecule has 7 heteroatoms. The molecule has 40 heavy (non-hydrogen) atoms. The zero-order chi connectivity index (χ0) is 29.5. The summed E-state index contributed by atoms with van der Waals surface area (Å²) in [5.41, 5.74) is 2.44. The molecule has 0 aliphatic carbocycles. The van der Waals surface area contributed by atoms with Crippen LogP contribution in [-0.4, -0.2) is 40.1 Å². The molecule has 2 aliphatic rings. The number of ether oxygens (including phenoxy) is 1. The molecule has 4 rings (SSSR count). The van der Waals surface area contributed by atoms with E-state index >= 15 is 0 Å². The van der Waals surface area contributed by atoms with Crippen molar-refractivity contribution in [2.45, 2.75) is 85.4 Å². The number of nitrogens with one attached hydrogen (secondary N) is 1. The molecule has 4 atom stereocenters. The smallest absolute Gasteiger partial charge is 0.320 e. The fourth-order valence-electron chi connectivity index (χ4n) is 5.90. The lowest BCUT2D eigenvalue weighted by atomic mass is 9.75. The topological polar surface area (TPSA) is 113 Å². The second kappa shape index (κ2) is 11.0. The van der Waals surface area contributed by atoms with Crippen molar-refractivity contribution in [2.24, 2.45) is 5.92 Å². The van der Waals surface area contributed by atoms with Crippen LogP contribution in [0.2, 0.25) is 0 Å². The van der Waals surface area contributed by atoms with Gasteiger partial charge in [-0.1, -0.05) is 30.7 Å². The van der Waals surface area contributed by atoms with E-state index in [-0.39, 0.29) is 29.4 Å². The number of aliphatic hydroxyl groups is 1. The van der Waals surface area contributed by atoms with Crippen molar-refractivity contribution in [1.82, 2.24) is 0 Å². The third kappa shape index (κ3) is 5.10. The van der Waals surface area contributed by atoms with E-state index in [1.165, 1.54) is 12.2 Å². The first-order valence-corrected chi connectivity index (χ1v) is 13.9. The number of Topliss-reactive ketones (excluding diaryl/α,β-unsaturated/α-hetero) is 1. The summed E-state index contributed by atoms with van der Waals surface area (Å²) in [6, 6.07) is 1.82. The quantitative estimate of drug-likeness (QED) is 0.314. The van der Waals surface area contributed by atoms with Gasteiger partial charge in [0.25, 0.3) is 0 Å². The van der Waals surface area contributed by atoms with E-state index < -0.39 is 29.5 Å². The molecule has 0 unspecified atom stereocenters. The number of aryl methyl sites for hydroxylation is 3. The molecule has 2 aromatic carbocycles. The highest BCUT2D eigenvalue weighted by Gasteiger charge is 2.43. The van der Waals surface area contributed by atoms with Crippen LogP contribution < -0.4 is 5.32 Å². The van der Waals surface area contributed by atoms with Crippen molar-refractivity contribution in [1.29, 1.82) is 0 Å². The minimum absolute atomic E-state index is 0.00371. The zero-order valence-electron chi connectivity index (χ0n) is 24.3. The molecule has 0 saturated carbocycles. The number of allylic oxidation sites excluding steroid dienone is 2. The molecule has 2 heterocycles. The predicted octanol–water partition coefficient (Wildman–Crippen LogP) is 6.03. The van der Waals surface area contributed by atoms with Gasteiger partial charge in [0, 0.05) is 23.7 Å². The highest BCUT2D eigenvalue weighted by Crippen LogP contribution is 2.46. The van der Waals surface area contributed by atoms with Crippen LogP contribution in [0.25, 0.3) is 10.8 Å². The van der Waals surface area contributed by atoms with E-state index in [4.69, 9.17) is 4.74 Å². The fourth-order valence-corrected chi connectivity index (χ4v) is 5.90. The van der Waals surface area contributed by atoms with Crippen molar-refractivity contribution < 1.29 is 29.3 Å². The first-order chi connectivity index (χ1) is 18.8. The molecule has 0 saturated heterocycles. The van der Waals surface area contributed by atoms with E-state index in [0.717, 1.165) is 17.4 Å². The zero-order valence-corrected chi connectivity index (χ0v) is 24.3. The highest BCUT2D eigenvalue weighted by atomic mass is 16.6. The van der Waals surface area contributed by atoms with Gasteiger partial charge < -0.3 is 20.3 Å². The molecule has 2 aliphatic heterocycles. The standard InChI is InChI=1S/C33H39NO6/c1-8-21-9-11-23(35)25(15-17(2)3)40-32(39)33(7)14-13-26(37)34-30-19(5)22-16-18(4)31(38)28(24(36)12-10-21)27(22)20(6)29(30)33/h9,11,13-16,21,23,25,35,38H,8,10,12H2,1-7H3,(H,34,37)/t21-,23-,25-,33-/m0/s1. The normalized spacial score (nSPS) is 25.2. The maximum Gasteiger partial charge on any atom is 0.320 e. The van der Waals surface area contributed by atoms with E-state index in [9.17, 15) is 24.6 Å². The lowest BCUT2D eigenvalue weighted by molar-refractivity contribution is -0.154. The summed E-state index contributed by atoms with van der Waals surface area (Å²) < 4.78 is 6.01. The van der Waals surface area contributed by atoms with Crippen molar-refractivity contribution >= 4 is 34.1 Å². The van der Waals surface area contributed by atoms with Crippen LogP contribution in [0.4, 0.5) is 5.69 Å². The van der Waals surface area contributed by atoms with Gasteiger partial charge >= 0.3 is 5.97 Å². The number of hydrogen-bond donors (Lipinski definition) is 3. The Kier molecular flexibility index (Phi) is 8.08. The van der Waals surface area contributed by atoms with Gasteiger partial charge in [0.2, 0.25) is 5.91 Å². The van der Waals surface area contributed by atoms with Gasteiger partial charge in [-0.3, -0.25) is 14.4 Å². The third-order valence-corrected chi connectivity index (χ3v) is 8.23. The summed E-state index contributed by atoms with van der Waals surface area (Å²) in [6.45, 7) is 12.8. The predicted molar refractivity (Wildman–Crippen MR) is 157 cm³/mol. The van der Waals surface area contributed by atoms with Gasteiger partial charge in [-0.2, -0.15) is 0 Å². The van der Waals surface area contributed by atoms with Crippen molar-refractivity contribution in [3.05, 3.63) is 69.8 Å². The number of benzene rings is 2. The number of cyclic esters (lactones) is 1. The fraction of sp³-hybridized carbons (Fsp3) is 0.424. The Balaban J connectivity index is 2.11. The van der Waals surface area contributed by atoms with Gasteiger partial charge in [-0.25, -0.2) is 0 Å². The maximum absolute atomic E-state index is 14.1. The molecule has 0 fully saturated rings. The average molecular weight is 546 g/mol. The van der Waals surface area contributed by atoms with Crippen LogP contribution in [0.5, 0.6) is 5.75 Å². The van der Waals surface area contributed by atoms with E-state index in [0.29, 0.717) is 39.7 Å². The number of rotatable bonds is 2. The number of anilines is 1. The van der Waals surface area contributed by atoms with E-state index in [1.807, 2.05) is 39.8 Å². The SMILES string of the molecule is CC[C@H]1C=C[C@H](O)[C@H](C=C(C)C)OC(=O)[C@@]2(C)C=CC(=O)Nc3c2c(C)c2c(c(O)c(C)cc2c3C)C(=O)CC1. The van der Waals surface area contributed by atoms with Gasteiger partial charge in [-0.05, 0) is 99.9 Å². The summed E-state index contributed by atoms with van der Waals surface area (Å²) in [4.78, 5) is 40.7. The van der Waals surface area contributed by atoms with E-state index in [2.05, 4.69) is 5.32 Å². The molecule has 2 aromatic rings. The van der Waals surface area contributed by atoms with Gasteiger partial charge in [0.15, 0.2) is 5.78 Å². The number of hydrogen-bond acceptors (Lipinski definition) is 6. The maximum atomic E-state index is 14.1. The van der Waals surface area contributed by atoms with Gasteiger partial charge in [0.1, 0.15) is 23.4 Å². The van der Waals surface area contributed by atoms with Crippen LogP contribution in [0.1, 0.15) is 79.6 Å². The monoisotopic (exact) mass is 545 g/mol. The Hall–Kier alpha value is -3.71. The number of phenolic OH excluding ortho intramolecular Hbond substituents is 1. The summed E-state index contributed by atoms with van der Waals surface area (Å²) in [5, 5.41) is 26.5. The Morgan fingerprint density at radius 2 is 1.85 bits per heavy atom. The Morgan fingerprint density at radius 3 is 2.50 bits per heavy atom. The molecule has 3 N–H and O–H groups in total. The van der Waals surface area contributed by atoms with Crippen molar-refractivity contribution in [3.8, 4) is 5.75 Å². The number of esters is 1. The lowest BCUT2D eigenvalue weighted by Crippen LogP contribution is -2.39. The van der Waals surface area contributed by atoms with Crippen LogP contribution in [0, 0.1) is 26.7 Å². The van der Waals surface area contributed by atoms with Crippen LogP contribution >= 0.6 is 0 Å². The molecule has 1 amide bonds. The van der Waals surface area contributed by atoms with Crippen LogP contribution in [-0.2, 0) is 19.7 Å². The summed E-state index contributed by atoms with van der Waals surface area (Å²) >= 11 is 0. The molecule has 0 aromatic heterocycles. The average Bonchev–Trinajstić information content (AvgIpc) is 3.03. The van der Waals surface area contributed by atoms with Gasteiger partial charge in [-0.15, -0.1) is 0 Å². The molecular formula is C33H39NO6. The van der Waals surface area contributed by atoms with E-state index in [1.54, 1.807) is 32.9 Å². The largest absolute Gasteiger partial charge is 0.507 e. The minimum Gasteiger partial charge on any atom is -0.507 e. The second-order valence-electron chi connectivity index (χ2n) is 11.5. The summed E-state index contributed by atoms with van der Waals surface area (Å²) in [6.07, 6.45) is 7.43. The van der Waals surface area contributed by atoms with Crippen LogP contribution in [0.3, 0.4) is 0 Å². The van der Waals surface area contributed by atoms with Gasteiger partial charge in [0.05, 0.1) is 5.56 Å². The highest BCUT2D eigenvalue weighted by molar-refractivity contribution is 6.16. The number of ketones is 1. The van der Waals surface area contributed by atoms with Crippen LogP contribution in [0.15, 0.2) is 42.0 Å². The number of amides is 1. The molecular weight excluding hydrogens is 506 g/mol. The van der Waals surface area contributed by atoms with Crippen molar-refractivity contribution in [3.63, 3.8) is 0 Å². The Labute approximate surface area is 235 Å². The number of carbonyl (C=O) groups excluding carboxylic acids is 3. The molecule has 2 bridgehead atoms. The number of aromatic hydroxyl groups is 1. The Bertz CT molecular complexity index is 1490. The minimum atomic E-state index is -1.44. The number of phenols is 1. The lowest BCUT2D eigenvalue weighted by Gasteiger charge is -2.32. The summed E-state index contributed by atoms with van der Waals surface area (Å²) in [5.74, 6) is -1.32. The third-order valence-electron chi connectivity index (χ3n) is 8.23. The molecule has 0 spiro atoms. The summed E-state index contributed by atoms with van der Waals surface area (Å²) in [7, 11) is 0. The molecule has 0 radical (unpaired) electrons. The molecule has 212 valence electrons. The number of carbonyl (C=O) groups is 3. The number of aliphatic hydroxyl groups excluding tert-OH is 1.